The number of piperazine rings is 1. The van der Waals surface area contributed by atoms with Crippen LogP contribution in [0.4, 0.5) is 5.69 Å². The normalized spacial score (nSPS) is 25.9. The van der Waals surface area contributed by atoms with Gasteiger partial charge in [-0.15, -0.1) is 0 Å². The zero-order valence-electron chi connectivity index (χ0n) is 14.6. The predicted octanol–water partition coefficient (Wildman–Crippen LogP) is 4.28. The lowest BCUT2D eigenvalue weighted by atomic mass is 9.84. The highest BCUT2D eigenvalue weighted by Gasteiger charge is 2.23. The molecule has 24 heavy (non-hydrogen) atoms. The summed E-state index contributed by atoms with van der Waals surface area (Å²) >= 11 is 12.5. The van der Waals surface area contributed by atoms with Crippen molar-refractivity contribution in [2.24, 2.45) is 5.92 Å². The number of hydrogen-bond donors (Lipinski definition) is 1. The predicted molar refractivity (Wildman–Crippen MR) is 105 cm³/mol. The minimum atomic E-state index is 0.647. The van der Waals surface area contributed by atoms with Crippen molar-refractivity contribution in [3.05, 3.63) is 28.2 Å². The van der Waals surface area contributed by atoms with E-state index in [1.165, 1.54) is 38.6 Å². The van der Waals surface area contributed by atoms with Crippen molar-refractivity contribution in [3.63, 3.8) is 0 Å². The van der Waals surface area contributed by atoms with Crippen LogP contribution in [0.15, 0.2) is 18.2 Å². The molecule has 5 heteroatoms. The SMILES string of the molecule is CNC1CCC(CCN2CCN(c3cccc(Cl)c3Cl)CC2)CC1. The van der Waals surface area contributed by atoms with Gasteiger partial charge in [0.1, 0.15) is 0 Å². The van der Waals surface area contributed by atoms with Crippen molar-refractivity contribution < 1.29 is 0 Å². The van der Waals surface area contributed by atoms with E-state index in [0.29, 0.717) is 10.0 Å². The molecule has 0 unspecified atom stereocenters. The second-order valence-corrected chi connectivity index (χ2v) is 7.98. The number of halogens is 2. The number of benzene rings is 1. The molecule has 134 valence electrons. The molecule has 0 atom stereocenters. The highest BCUT2D eigenvalue weighted by molar-refractivity contribution is 6.43. The fourth-order valence-corrected chi connectivity index (χ4v) is 4.47. The summed E-state index contributed by atoms with van der Waals surface area (Å²) in [5.74, 6) is 0.926. The Bertz CT molecular complexity index is 521. The van der Waals surface area contributed by atoms with Crippen molar-refractivity contribution in [3.8, 4) is 0 Å². The van der Waals surface area contributed by atoms with Crippen LogP contribution in [-0.4, -0.2) is 50.7 Å². The van der Waals surface area contributed by atoms with Gasteiger partial charge in [-0.3, -0.25) is 4.90 Å². The molecule has 1 aliphatic heterocycles. The van der Waals surface area contributed by atoms with E-state index in [1.54, 1.807) is 0 Å². The Morgan fingerprint density at radius 1 is 1.04 bits per heavy atom. The first-order chi connectivity index (χ1) is 11.7. The lowest BCUT2D eigenvalue weighted by molar-refractivity contribution is 0.212. The third-order valence-electron chi connectivity index (χ3n) is 5.75. The van der Waals surface area contributed by atoms with Gasteiger partial charge in [0, 0.05) is 32.2 Å². The van der Waals surface area contributed by atoms with Gasteiger partial charge in [0.25, 0.3) is 0 Å². The standard InChI is InChI=1S/C19H29Cl2N3/c1-22-16-7-5-15(6-8-16)9-10-23-11-13-24(14-12-23)18-4-2-3-17(20)19(18)21/h2-4,15-16,22H,5-14H2,1H3. The van der Waals surface area contributed by atoms with Crippen LogP contribution in [0.25, 0.3) is 0 Å². The molecule has 1 heterocycles. The number of anilines is 1. The van der Waals surface area contributed by atoms with Crippen LogP contribution in [0.5, 0.6) is 0 Å². The van der Waals surface area contributed by atoms with E-state index in [4.69, 9.17) is 23.2 Å². The summed E-state index contributed by atoms with van der Waals surface area (Å²) in [7, 11) is 2.09. The third-order valence-corrected chi connectivity index (χ3v) is 6.56. The molecule has 1 N–H and O–H groups in total. The first-order valence-corrected chi connectivity index (χ1v) is 10.0. The van der Waals surface area contributed by atoms with E-state index >= 15 is 0 Å². The Labute approximate surface area is 156 Å². The highest BCUT2D eigenvalue weighted by atomic mass is 35.5. The lowest BCUT2D eigenvalue weighted by Crippen LogP contribution is -2.47. The summed E-state index contributed by atoms with van der Waals surface area (Å²) in [6.07, 6.45) is 6.84. The van der Waals surface area contributed by atoms with E-state index in [9.17, 15) is 0 Å². The van der Waals surface area contributed by atoms with Crippen molar-refractivity contribution >= 4 is 28.9 Å². The van der Waals surface area contributed by atoms with Crippen LogP contribution in [0, 0.1) is 5.92 Å². The Kier molecular flexibility index (Phi) is 6.68. The number of nitrogens with zero attached hydrogens (tertiary/aromatic N) is 2. The van der Waals surface area contributed by atoms with Crippen molar-refractivity contribution in [1.82, 2.24) is 10.2 Å². The second-order valence-electron chi connectivity index (χ2n) is 7.20. The largest absolute Gasteiger partial charge is 0.368 e. The van der Waals surface area contributed by atoms with Gasteiger partial charge in [0.2, 0.25) is 0 Å². The molecule has 1 aromatic rings. The van der Waals surface area contributed by atoms with Crippen LogP contribution in [0.1, 0.15) is 32.1 Å². The number of nitrogens with one attached hydrogen (secondary N) is 1. The van der Waals surface area contributed by atoms with Gasteiger partial charge >= 0.3 is 0 Å². The van der Waals surface area contributed by atoms with Gasteiger partial charge in [-0.2, -0.15) is 0 Å². The molecule has 2 aliphatic rings. The molecule has 1 saturated carbocycles. The quantitative estimate of drug-likeness (QED) is 0.835. The van der Waals surface area contributed by atoms with E-state index in [2.05, 4.69) is 28.2 Å². The minimum absolute atomic E-state index is 0.647. The molecule has 2 fully saturated rings. The Morgan fingerprint density at radius 2 is 1.75 bits per heavy atom. The molecular weight excluding hydrogens is 341 g/mol. The molecule has 1 aliphatic carbocycles. The molecule has 0 aromatic heterocycles. The van der Waals surface area contributed by atoms with Crippen molar-refractivity contribution in [2.45, 2.75) is 38.1 Å². The molecule has 0 bridgehead atoms. The van der Waals surface area contributed by atoms with Gasteiger partial charge < -0.3 is 10.2 Å². The average Bonchev–Trinajstić information content (AvgIpc) is 2.63. The second kappa shape index (κ2) is 8.75. The monoisotopic (exact) mass is 369 g/mol. The molecule has 0 amide bonds. The summed E-state index contributed by atoms with van der Waals surface area (Å²) in [4.78, 5) is 4.97. The zero-order chi connectivity index (χ0) is 16.9. The molecule has 1 saturated heterocycles. The summed E-state index contributed by atoms with van der Waals surface area (Å²) in [6.45, 7) is 5.55. The Balaban J connectivity index is 1.42. The fraction of sp³-hybridized carbons (Fsp3) is 0.684. The van der Waals surface area contributed by atoms with E-state index in [-0.39, 0.29) is 0 Å². The molecule has 3 nitrogen and oxygen atoms in total. The smallest absolute Gasteiger partial charge is 0.0825 e. The van der Waals surface area contributed by atoms with Gasteiger partial charge in [0.05, 0.1) is 15.7 Å². The number of rotatable bonds is 5. The van der Waals surface area contributed by atoms with Crippen LogP contribution < -0.4 is 10.2 Å². The molecular formula is C19H29Cl2N3. The summed E-state index contributed by atoms with van der Waals surface area (Å²) < 4.78 is 0. The van der Waals surface area contributed by atoms with Crippen molar-refractivity contribution in [2.75, 3.05) is 44.7 Å². The van der Waals surface area contributed by atoms with E-state index in [1.807, 2.05) is 12.1 Å². The Hall–Kier alpha value is -0.480. The van der Waals surface area contributed by atoms with Crippen LogP contribution in [0.2, 0.25) is 10.0 Å². The van der Waals surface area contributed by atoms with Gasteiger partial charge in [-0.05, 0) is 63.7 Å². The maximum Gasteiger partial charge on any atom is 0.0825 e. The highest BCUT2D eigenvalue weighted by Crippen LogP contribution is 2.33. The topological polar surface area (TPSA) is 18.5 Å². The average molecular weight is 370 g/mol. The van der Waals surface area contributed by atoms with Gasteiger partial charge in [-0.25, -0.2) is 0 Å². The van der Waals surface area contributed by atoms with Gasteiger partial charge in [-0.1, -0.05) is 29.3 Å². The third kappa shape index (κ3) is 4.57. The van der Waals surface area contributed by atoms with Crippen molar-refractivity contribution in [1.29, 1.82) is 0 Å². The summed E-state index contributed by atoms with van der Waals surface area (Å²) in [5.41, 5.74) is 1.08. The maximum absolute atomic E-state index is 6.36. The summed E-state index contributed by atoms with van der Waals surface area (Å²) in [6, 6.07) is 6.67. The lowest BCUT2D eigenvalue weighted by Gasteiger charge is -2.37. The van der Waals surface area contributed by atoms with Crippen LogP contribution in [0.3, 0.4) is 0 Å². The molecule has 0 radical (unpaired) electrons. The van der Waals surface area contributed by atoms with E-state index < -0.39 is 0 Å². The number of hydrogen-bond acceptors (Lipinski definition) is 3. The van der Waals surface area contributed by atoms with E-state index in [0.717, 1.165) is 43.8 Å². The minimum Gasteiger partial charge on any atom is -0.368 e. The molecule has 3 rings (SSSR count). The van der Waals surface area contributed by atoms with Crippen LogP contribution >= 0.6 is 23.2 Å². The molecule has 0 spiro atoms. The Morgan fingerprint density at radius 3 is 2.42 bits per heavy atom. The zero-order valence-corrected chi connectivity index (χ0v) is 16.1. The fourth-order valence-electron chi connectivity index (χ4n) is 4.05. The summed E-state index contributed by atoms with van der Waals surface area (Å²) in [5, 5.41) is 4.76. The molecule has 1 aromatic carbocycles. The first kappa shape index (κ1) is 18.3. The first-order valence-electron chi connectivity index (χ1n) is 9.26. The maximum atomic E-state index is 6.36. The van der Waals surface area contributed by atoms with Crippen LogP contribution in [-0.2, 0) is 0 Å². The van der Waals surface area contributed by atoms with Gasteiger partial charge in [0.15, 0.2) is 0 Å².